The normalized spacial score (nSPS) is 13.4. The van der Waals surface area contributed by atoms with E-state index >= 15 is 0 Å². The first-order valence-corrected chi connectivity index (χ1v) is 5.59. The molecule has 0 fully saturated rings. The van der Waals surface area contributed by atoms with Gasteiger partial charge in [-0.3, -0.25) is 4.79 Å². The Bertz CT molecular complexity index is 429. The fourth-order valence-corrected chi connectivity index (χ4v) is 1.71. The molecule has 96 valence electrons. The lowest BCUT2D eigenvalue weighted by Crippen LogP contribution is -2.24. The molecule has 0 aromatic heterocycles. The molecule has 6 nitrogen and oxygen atoms in total. The summed E-state index contributed by atoms with van der Waals surface area (Å²) in [5, 5.41) is 21.4. The van der Waals surface area contributed by atoms with Crippen molar-refractivity contribution in [3.8, 4) is 0 Å². The van der Waals surface area contributed by atoms with Crippen molar-refractivity contribution >= 4 is 5.97 Å². The van der Waals surface area contributed by atoms with Gasteiger partial charge in [0.2, 0.25) is 0 Å². The molecule has 0 radical (unpaired) electrons. The van der Waals surface area contributed by atoms with Gasteiger partial charge in [-0.15, -0.1) is 0 Å². The van der Waals surface area contributed by atoms with Crippen LogP contribution < -0.4 is 0 Å². The van der Waals surface area contributed by atoms with Crippen molar-refractivity contribution in [3.05, 3.63) is 46.3 Å². The van der Waals surface area contributed by atoms with Crippen LogP contribution in [0.5, 0.6) is 0 Å². The highest BCUT2D eigenvalue weighted by Gasteiger charge is 2.21. The Labute approximate surface area is 105 Å². The third-order valence-electron chi connectivity index (χ3n) is 2.66. The number of carboxylic acid groups (broad SMARTS) is 1. The van der Waals surface area contributed by atoms with E-state index in [1.165, 1.54) is 0 Å². The highest BCUT2D eigenvalue weighted by Crippen LogP contribution is 2.15. The van der Waals surface area contributed by atoms with Gasteiger partial charge in [0, 0.05) is 11.0 Å². The van der Waals surface area contributed by atoms with E-state index in [2.05, 4.69) is 10.0 Å². The van der Waals surface area contributed by atoms with Crippen molar-refractivity contribution < 1.29 is 15.0 Å². The van der Waals surface area contributed by atoms with Crippen molar-refractivity contribution in [3.63, 3.8) is 0 Å². The first-order valence-electron chi connectivity index (χ1n) is 5.59. The van der Waals surface area contributed by atoms with E-state index in [9.17, 15) is 4.79 Å². The summed E-state index contributed by atoms with van der Waals surface area (Å²) in [5.41, 5.74) is 9.46. The van der Waals surface area contributed by atoms with Gasteiger partial charge in [-0.25, -0.2) is 0 Å². The quantitative estimate of drug-likeness (QED) is 0.438. The van der Waals surface area contributed by atoms with E-state index < -0.39 is 24.5 Å². The van der Waals surface area contributed by atoms with Crippen LogP contribution in [0.25, 0.3) is 10.4 Å². The Morgan fingerprint density at radius 1 is 1.39 bits per heavy atom. The molecule has 0 saturated carbocycles. The number of nitrogens with zero attached hydrogens (tertiary/aromatic N) is 3. The number of carboxylic acids is 1. The van der Waals surface area contributed by atoms with Crippen LogP contribution in [0.4, 0.5) is 0 Å². The molecule has 2 atom stereocenters. The van der Waals surface area contributed by atoms with Gasteiger partial charge in [-0.05, 0) is 23.9 Å². The molecule has 0 amide bonds. The molecule has 0 saturated heterocycles. The molecule has 0 heterocycles. The molecule has 0 spiro atoms. The maximum atomic E-state index is 10.8. The molecule has 0 aliphatic heterocycles. The zero-order chi connectivity index (χ0) is 13.4. The lowest BCUT2D eigenvalue weighted by atomic mass is 9.96. The average Bonchev–Trinajstić information content (AvgIpc) is 2.36. The topological polar surface area (TPSA) is 106 Å². The Balaban J connectivity index is 2.71. The summed E-state index contributed by atoms with van der Waals surface area (Å²) in [6, 6.07) is 8.90. The fourth-order valence-electron chi connectivity index (χ4n) is 1.71. The van der Waals surface area contributed by atoms with Gasteiger partial charge in [-0.2, -0.15) is 0 Å². The molecule has 18 heavy (non-hydrogen) atoms. The first kappa shape index (κ1) is 14.0. The molecule has 0 unspecified atom stereocenters. The summed E-state index contributed by atoms with van der Waals surface area (Å²) in [6.45, 7) is -0.457. The van der Waals surface area contributed by atoms with E-state index in [4.69, 9.17) is 15.7 Å². The van der Waals surface area contributed by atoms with Gasteiger partial charge in [0.1, 0.15) is 0 Å². The number of rotatable bonds is 7. The lowest BCUT2D eigenvalue weighted by Gasteiger charge is -2.15. The zero-order valence-corrected chi connectivity index (χ0v) is 9.81. The molecular formula is C12H15N3O3. The van der Waals surface area contributed by atoms with E-state index in [-0.39, 0.29) is 6.42 Å². The number of aliphatic hydroxyl groups excluding tert-OH is 1. The minimum absolute atomic E-state index is 0.130. The number of benzene rings is 1. The van der Waals surface area contributed by atoms with Crippen molar-refractivity contribution in [2.24, 2.45) is 11.0 Å². The SMILES string of the molecule is [N-]=[N+]=N[C@@H](Cc1ccccc1)C[C@H](CO)C(=O)O. The van der Waals surface area contributed by atoms with E-state index in [1.54, 1.807) is 0 Å². The van der Waals surface area contributed by atoms with Crippen LogP contribution in [-0.2, 0) is 11.2 Å². The van der Waals surface area contributed by atoms with Gasteiger partial charge in [0.15, 0.2) is 0 Å². The third kappa shape index (κ3) is 4.45. The minimum atomic E-state index is -1.08. The highest BCUT2D eigenvalue weighted by atomic mass is 16.4. The van der Waals surface area contributed by atoms with Crippen molar-refractivity contribution in [1.82, 2.24) is 0 Å². The molecule has 0 aliphatic rings. The minimum Gasteiger partial charge on any atom is -0.481 e. The summed E-state index contributed by atoms with van der Waals surface area (Å²) >= 11 is 0. The smallest absolute Gasteiger partial charge is 0.308 e. The number of aliphatic hydroxyl groups is 1. The van der Waals surface area contributed by atoms with Gasteiger partial charge in [-0.1, -0.05) is 35.4 Å². The molecule has 6 heteroatoms. The van der Waals surface area contributed by atoms with Crippen LogP contribution in [0.3, 0.4) is 0 Å². The maximum absolute atomic E-state index is 10.8. The second-order valence-electron chi connectivity index (χ2n) is 4.00. The monoisotopic (exact) mass is 249 g/mol. The zero-order valence-electron chi connectivity index (χ0n) is 9.81. The second-order valence-corrected chi connectivity index (χ2v) is 4.00. The summed E-state index contributed by atoms with van der Waals surface area (Å²) in [6.07, 6.45) is 0.597. The maximum Gasteiger partial charge on any atom is 0.308 e. The Kier molecular flexibility index (Phi) is 5.70. The number of carbonyl (C=O) groups is 1. The van der Waals surface area contributed by atoms with Crippen LogP contribution in [0.15, 0.2) is 35.4 Å². The summed E-state index contributed by atoms with van der Waals surface area (Å²) in [7, 11) is 0. The van der Waals surface area contributed by atoms with Crippen LogP contribution in [0, 0.1) is 5.92 Å². The number of azide groups is 1. The molecule has 1 rings (SSSR count). The molecule has 1 aromatic rings. The predicted molar refractivity (Wildman–Crippen MR) is 65.9 cm³/mol. The van der Waals surface area contributed by atoms with Gasteiger partial charge in [0.05, 0.1) is 12.5 Å². The highest BCUT2D eigenvalue weighted by molar-refractivity contribution is 5.70. The Hall–Kier alpha value is -2.04. The average molecular weight is 249 g/mol. The number of hydrogen-bond acceptors (Lipinski definition) is 3. The van der Waals surface area contributed by atoms with Crippen molar-refractivity contribution in [2.45, 2.75) is 18.9 Å². The molecule has 0 bridgehead atoms. The second kappa shape index (κ2) is 7.32. The fraction of sp³-hybridized carbons (Fsp3) is 0.417. The lowest BCUT2D eigenvalue weighted by molar-refractivity contribution is -0.143. The Morgan fingerprint density at radius 3 is 2.56 bits per heavy atom. The third-order valence-corrected chi connectivity index (χ3v) is 2.66. The molecule has 2 N–H and O–H groups in total. The standard InChI is InChI=1S/C12H15N3O3/c13-15-14-11(7-10(8-16)12(17)18)6-9-4-2-1-3-5-9/h1-5,10-11,16H,6-8H2,(H,17,18)/t10-,11+/m1/s1. The molecular weight excluding hydrogens is 234 g/mol. The molecule has 0 aliphatic carbocycles. The largest absolute Gasteiger partial charge is 0.481 e. The Morgan fingerprint density at radius 2 is 2.06 bits per heavy atom. The summed E-state index contributed by atoms with van der Waals surface area (Å²) in [4.78, 5) is 13.6. The predicted octanol–water partition coefficient (Wildman–Crippen LogP) is 1.99. The van der Waals surface area contributed by atoms with Gasteiger partial charge in [0.25, 0.3) is 0 Å². The summed E-state index contributed by atoms with van der Waals surface area (Å²) < 4.78 is 0. The van der Waals surface area contributed by atoms with Crippen LogP contribution in [0.1, 0.15) is 12.0 Å². The van der Waals surface area contributed by atoms with Crippen LogP contribution in [0.2, 0.25) is 0 Å². The summed E-state index contributed by atoms with van der Waals surface area (Å²) in [5.74, 6) is -1.98. The number of aliphatic carboxylic acids is 1. The van der Waals surface area contributed by atoms with Crippen molar-refractivity contribution in [2.75, 3.05) is 6.61 Å². The van der Waals surface area contributed by atoms with Crippen LogP contribution in [-0.4, -0.2) is 28.8 Å². The van der Waals surface area contributed by atoms with E-state index in [0.717, 1.165) is 5.56 Å². The van der Waals surface area contributed by atoms with Gasteiger partial charge < -0.3 is 10.2 Å². The van der Waals surface area contributed by atoms with Gasteiger partial charge >= 0.3 is 5.97 Å². The van der Waals surface area contributed by atoms with E-state index in [0.29, 0.717) is 6.42 Å². The van der Waals surface area contributed by atoms with Crippen LogP contribution >= 0.6 is 0 Å². The number of hydrogen-bond donors (Lipinski definition) is 2. The van der Waals surface area contributed by atoms with Crippen molar-refractivity contribution in [1.29, 1.82) is 0 Å². The first-order chi connectivity index (χ1) is 8.67. The van der Waals surface area contributed by atoms with E-state index in [1.807, 2.05) is 30.3 Å². The molecule has 1 aromatic carbocycles.